The SMILES string of the molecule is O=C([C@@H]1CC[C@@H](N(OCc2ccccc2)C(=O)Cl)CN1C(=O)O)N1CCSC1=S. The van der Waals surface area contributed by atoms with Crippen LogP contribution in [0.1, 0.15) is 18.4 Å². The van der Waals surface area contributed by atoms with E-state index >= 15 is 0 Å². The van der Waals surface area contributed by atoms with Crippen molar-refractivity contribution >= 4 is 57.3 Å². The Kier molecular flexibility index (Phi) is 7.33. The van der Waals surface area contributed by atoms with E-state index < -0.39 is 23.5 Å². The molecule has 0 radical (unpaired) electrons. The molecule has 29 heavy (non-hydrogen) atoms. The van der Waals surface area contributed by atoms with Crippen LogP contribution in [0.15, 0.2) is 30.3 Å². The van der Waals surface area contributed by atoms with Crippen molar-refractivity contribution in [1.29, 1.82) is 0 Å². The molecule has 2 heterocycles. The van der Waals surface area contributed by atoms with Crippen molar-refractivity contribution in [2.45, 2.75) is 31.5 Å². The Morgan fingerprint density at radius 2 is 2.00 bits per heavy atom. The number of hydrogen-bond donors (Lipinski definition) is 1. The van der Waals surface area contributed by atoms with Crippen LogP contribution < -0.4 is 0 Å². The first-order chi connectivity index (χ1) is 13.9. The third-order valence-corrected chi connectivity index (χ3v) is 6.43. The highest BCUT2D eigenvalue weighted by atomic mass is 35.5. The minimum absolute atomic E-state index is 0.0767. The Bertz CT molecular complexity index is 797. The molecular weight excluding hydrogens is 438 g/mol. The molecular formula is C18H20ClN3O5S2. The number of thioether (sulfide) groups is 1. The van der Waals surface area contributed by atoms with Gasteiger partial charge >= 0.3 is 11.5 Å². The van der Waals surface area contributed by atoms with E-state index in [0.717, 1.165) is 15.5 Å². The number of rotatable bonds is 5. The molecule has 1 aromatic carbocycles. The zero-order chi connectivity index (χ0) is 21.0. The summed E-state index contributed by atoms with van der Waals surface area (Å²) in [5.74, 6) is 0.379. The van der Waals surface area contributed by atoms with Crippen LogP contribution in [0.4, 0.5) is 9.59 Å². The summed E-state index contributed by atoms with van der Waals surface area (Å²) in [7, 11) is 0. The Morgan fingerprint density at radius 1 is 1.28 bits per heavy atom. The number of amides is 3. The molecule has 2 atom stereocenters. The van der Waals surface area contributed by atoms with Gasteiger partial charge in [0, 0.05) is 18.8 Å². The topological polar surface area (TPSA) is 90.4 Å². The van der Waals surface area contributed by atoms with Gasteiger partial charge in [0.05, 0.1) is 6.04 Å². The number of hydroxylamine groups is 2. The van der Waals surface area contributed by atoms with Crippen molar-refractivity contribution in [3.63, 3.8) is 0 Å². The minimum atomic E-state index is -1.24. The monoisotopic (exact) mass is 457 g/mol. The zero-order valence-corrected chi connectivity index (χ0v) is 17.8. The van der Waals surface area contributed by atoms with Gasteiger partial charge in [-0.2, -0.15) is 0 Å². The van der Waals surface area contributed by atoms with Gasteiger partial charge in [-0.25, -0.2) is 9.86 Å². The molecule has 11 heteroatoms. The number of carboxylic acid groups (broad SMARTS) is 1. The van der Waals surface area contributed by atoms with Crippen LogP contribution in [0.2, 0.25) is 0 Å². The lowest BCUT2D eigenvalue weighted by atomic mass is 9.97. The van der Waals surface area contributed by atoms with Gasteiger partial charge in [-0.15, -0.1) is 0 Å². The largest absolute Gasteiger partial charge is 0.465 e. The number of hydrogen-bond acceptors (Lipinski definition) is 6. The van der Waals surface area contributed by atoms with Crippen LogP contribution >= 0.6 is 35.6 Å². The minimum Gasteiger partial charge on any atom is -0.465 e. The first kappa shape index (κ1) is 21.8. The van der Waals surface area contributed by atoms with Crippen molar-refractivity contribution in [3.05, 3.63) is 35.9 Å². The Morgan fingerprint density at radius 3 is 2.59 bits per heavy atom. The molecule has 2 aliphatic heterocycles. The van der Waals surface area contributed by atoms with Gasteiger partial charge in [0.2, 0.25) is 0 Å². The predicted octanol–water partition coefficient (Wildman–Crippen LogP) is 3.15. The number of halogens is 1. The van der Waals surface area contributed by atoms with Crippen molar-refractivity contribution in [1.82, 2.24) is 14.9 Å². The highest BCUT2D eigenvalue weighted by molar-refractivity contribution is 8.23. The second kappa shape index (κ2) is 9.75. The summed E-state index contributed by atoms with van der Waals surface area (Å²) in [6, 6.07) is 7.79. The van der Waals surface area contributed by atoms with Crippen LogP contribution in [-0.2, 0) is 16.2 Å². The summed E-state index contributed by atoms with van der Waals surface area (Å²) in [4.78, 5) is 44.6. The van der Waals surface area contributed by atoms with Gasteiger partial charge in [0.25, 0.3) is 5.91 Å². The average molecular weight is 458 g/mol. The van der Waals surface area contributed by atoms with E-state index in [9.17, 15) is 19.5 Å². The molecule has 8 nitrogen and oxygen atoms in total. The molecule has 3 amide bonds. The van der Waals surface area contributed by atoms with Gasteiger partial charge in [-0.05, 0) is 30.0 Å². The lowest BCUT2D eigenvalue weighted by Crippen LogP contribution is -2.58. The molecule has 1 aromatic rings. The molecule has 0 saturated carbocycles. The van der Waals surface area contributed by atoms with Crippen LogP contribution in [0.25, 0.3) is 0 Å². The molecule has 0 spiro atoms. The number of piperidine rings is 1. The molecule has 0 aromatic heterocycles. The summed E-state index contributed by atoms with van der Waals surface area (Å²) in [5, 5.41) is 9.82. The molecule has 0 unspecified atom stereocenters. The normalized spacial score (nSPS) is 21.9. The summed E-state index contributed by atoms with van der Waals surface area (Å²) >= 11 is 12.3. The first-order valence-corrected chi connectivity index (χ1v) is 10.8. The third-order valence-electron chi connectivity index (χ3n) is 4.83. The second-order valence-corrected chi connectivity index (χ2v) is 8.68. The van der Waals surface area contributed by atoms with E-state index in [4.69, 9.17) is 28.7 Å². The summed E-state index contributed by atoms with van der Waals surface area (Å²) in [6.07, 6.45) is -0.619. The lowest BCUT2D eigenvalue weighted by molar-refractivity contribution is -0.162. The van der Waals surface area contributed by atoms with Crippen molar-refractivity contribution in [3.8, 4) is 0 Å². The maximum absolute atomic E-state index is 12.8. The number of carbonyl (C=O) groups is 3. The number of carbonyl (C=O) groups excluding carboxylic acids is 2. The quantitative estimate of drug-likeness (QED) is 0.314. The summed E-state index contributed by atoms with van der Waals surface area (Å²) < 4.78 is 0.464. The number of nitrogens with zero attached hydrogens (tertiary/aromatic N) is 3. The zero-order valence-electron chi connectivity index (χ0n) is 15.4. The van der Waals surface area contributed by atoms with Crippen LogP contribution in [0.5, 0.6) is 0 Å². The fraction of sp³-hybridized carbons (Fsp3) is 0.444. The van der Waals surface area contributed by atoms with E-state index in [1.54, 1.807) is 0 Å². The number of benzene rings is 1. The van der Waals surface area contributed by atoms with Gasteiger partial charge in [-0.1, -0.05) is 54.3 Å². The molecule has 2 saturated heterocycles. The van der Waals surface area contributed by atoms with Crippen molar-refractivity contribution in [2.75, 3.05) is 18.8 Å². The lowest BCUT2D eigenvalue weighted by Gasteiger charge is -2.41. The van der Waals surface area contributed by atoms with E-state index in [2.05, 4.69) is 0 Å². The van der Waals surface area contributed by atoms with Crippen molar-refractivity contribution < 1.29 is 24.3 Å². The second-order valence-electron chi connectivity index (χ2n) is 6.62. The first-order valence-electron chi connectivity index (χ1n) is 9.01. The highest BCUT2D eigenvalue weighted by Crippen LogP contribution is 2.27. The van der Waals surface area contributed by atoms with E-state index in [-0.39, 0.29) is 25.5 Å². The molecule has 0 aliphatic carbocycles. The number of thiocarbonyl (C=S) groups is 1. The van der Waals surface area contributed by atoms with Crippen LogP contribution in [0.3, 0.4) is 0 Å². The van der Waals surface area contributed by atoms with Gasteiger partial charge in [0.1, 0.15) is 17.0 Å². The molecule has 3 rings (SSSR count). The van der Waals surface area contributed by atoms with Crippen LogP contribution in [-0.4, -0.2) is 72.6 Å². The van der Waals surface area contributed by atoms with Gasteiger partial charge < -0.3 is 5.11 Å². The third kappa shape index (κ3) is 5.19. The Hall–Kier alpha value is -1.88. The average Bonchev–Trinajstić information content (AvgIpc) is 3.14. The highest BCUT2D eigenvalue weighted by Gasteiger charge is 2.42. The maximum atomic E-state index is 12.8. The van der Waals surface area contributed by atoms with Gasteiger partial charge in [0.15, 0.2) is 0 Å². The van der Waals surface area contributed by atoms with E-state index in [0.29, 0.717) is 23.0 Å². The van der Waals surface area contributed by atoms with E-state index in [1.165, 1.54) is 16.7 Å². The fourth-order valence-electron chi connectivity index (χ4n) is 3.40. The van der Waals surface area contributed by atoms with Crippen molar-refractivity contribution in [2.24, 2.45) is 0 Å². The van der Waals surface area contributed by atoms with E-state index in [1.807, 2.05) is 30.3 Å². The Labute approximate surface area is 182 Å². The molecule has 156 valence electrons. The van der Waals surface area contributed by atoms with Crippen LogP contribution in [0, 0.1) is 0 Å². The molecule has 2 fully saturated rings. The maximum Gasteiger partial charge on any atom is 0.408 e. The smallest absolute Gasteiger partial charge is 0.408 e. The number of likely N-dealkylation sites (tertiary alicyclic amines) is 1. The molecule has 1 N–H and O–H groups in total. The fourth-order valence-corrected chi connectivity index (χ4v) is 4.81. The summed E-state index contributed by atoms with van der Waals surface area (Å²) in [6.45, 7) is 0.513. The molecule has 0 bridgehead atoms. The summed E-state index contributed by atoms with van der Waals surface area (Å²) in [5.41, 5.74) is 0.842. The predicted molar refractivity (Wildman–Crippen MR) is 113 cm³/mol. The van der Waals surface area contributed by atoms with Gasteiger partial charge in [-0.3, -0.25) is 24.2 Å². The standard InChI is InChI=1S/C18H20ClN3O5S2/c19-16(24)22(27-11-12-4-2-1-3-5-12)13-6-7-14(21(10-13)17(25)26)15(23)20-8-9-29-18(20)28/h1-5,13-14H,6-11H2,(H,25,26)/t13-,14+/m1/s1. The Balaban J connectivity index is 1.69. The molecule has 2 aliphatic rings.